The summed E-state index contributed by atoms with van der Waals surface area (Å²) in [6.45, 7) is 1.38. The van der Waals surface area contributed by atoms with Crippen molar-refractivity contribution in [3.05, 3.63) is 59.2 Å². The summed E-state index contributed by atoms with van der Waals surface area (Å²) < 4.78 is 8.92. The van der Waals surface area contributed by atoms with Gasteiger partial charge in [-0.05, 0) is 36.4 Å². The van der Waals surface area contributed by atoms with Crippen molar-refractivity contribution in [2.24, 2.45) is 0 Å². The van der Waals surface area contributed by atoms with Crippen LogP contribution in [0, 0.1) is 0 Å². The van der Waals surface area contributed by atoms with Gasteiger partial charge in [-0.3, -0.25) is 0 Å². The molecule has 0 unspecified atom stereocenters. The Kier molecular flexibility index (Phi) is 3.65. The van der Waals surface area contributed by atoms with Gasteiger partial charge in [0.15, 0.2) is 0 Å². The summed E-state index contributed by atoms with van der Waals surface area (Å²) in [5.74, 6) is 0.873. The van der Waals surface area contributed by atoms with Crippen LogP contribution in [-0.4, -0.2) is 11.2 Å². The molecule has 0 aliphatic heterocycles. The molecule has 0 aliphatic rings. The highest BCUT2D eigenvalue weighted by Gasteiger charge is 2.04. The first kappa shape index (κ1) is 13.1. The summed E-state index contributed by atoms with van der Waals surface area (Å²) >= 11 is 3.41. The van der Waals surface area contributed by atoms with Crippen LogP contribution in [0.5, 0.6) is 5.75 Å². The smallest absolute Gasteiger partial charge is 0.119 e. The Morgan fingerprint density at radius 2 is 1.85 bits per heavy atom. The SMILES string of the molecule is Nc1cccc2ccn(CCOc3ccc(Br)cc3)c12. The summed E-state index contributed by atoms with van der Waals surface area (Å²) in [4.78, 5) is 0. The number of hydrogen-bond donors (Lipinski definition) is 1. The second-order valence-electron chi connectivity index (χ2n) is 4.60. The number of halogens is 1. The van der Waals surface area contributed by atoms with Gasteiger partial charge in [0.2, 0.25) is 0 Å². The van der Waals surface area contributed by atoms with Crippen molar-refractivity contribution < 1.29 is 4.74 Å². The Morgan fingerprint density at radius 1 is 1.05 bits per heavy atom. The normalized spacial score (nSPS) is 10.8. The summed E-state index contributed by atoms with van der Waals surface area (Å²) in [7, 11) is 0. The van der Waals surface area contributed by atoms with Gasteiger partial charge in [-0.2, -0.15) is 0 Å². The summed E-state index contributed by atoms with van der Waals surface area (Å²) in [6.07, 6.45) is 2.05. The minimum atomic E-state index is 0.611. The predicted molar refractivity (Wildman–Crippen MR) is 86.0 cm³/mol. The number of nitrogens with two attached hydrogens (primary N) is 1. The van der Waals surface area contributed by atoms with Crippen LogP contribution < -0.4 is 10.5 Å². The van der Waals surface area contributed by atoms with Crippen molar-refractivity contribution in [2.75, 3.05) is 12.3 Å². The second-order valence-corrected chi connectivity index (χ2v) is 5.51. The summed E-state index contributed by atoms with van der Waals surface area (Å²) in [6, 6.07) is 15.9. The van der Waals surface area contributed by atoms with Crippen molar-refractivity contribution >= 4 is 32.5 Å². The van der Waals surface area contributed by atoms with Gasteiger partial charge in [0.1, 0.15) is 12.4 Å². The molecule has 0 saturated heterocycles. The van der Waals surface area contributed by atoms with Gasteiger partial charge in [0.25, 0.3) is 0 Å². The average molecular weight is 331 g/mol. The quantitative estimate of drug-likeness (QED) is 0.732. The van der Waals surface area contributed by atoms with Crippen LogP contribution >= 0.6 is 15.9 Å². The van der Waals surface area contributed by atoms with Gasteiger partial charge in [-0.1, -0.05) is 28.1 Å². The molecule has 0 atom stereocenters. The number of ether oxygens (including phenoxy) is 1. The van der Waals surface area contributed by atoms with Crippen LogP contribution in [0.1, 0.15) is 0 Å². The van der Waals surface area contributed by atoms with E-state index in [0.717, 1.165) is 33.4 Å². The number of aromatic nitrogens is 1. The molecular weight excluding hydrogens is 316 g/mol. The molecule has 0 amide bonds. The molecule has 3 rings (SSSR count). The Hall–Kier alpha value is -1.94. The van der Waals surface area contributed by atoms with Crippen LogP contribution in [0.25, 0.3) is 10.9 Å². The maximum Gasteiger partial charge on any atom is 0.119 e. The zero-order valence-corrected chi connectivity index (χ0v) is 12.5. The van der Waals surface area contributed by atoms with Gasteiger partial charge in [0, 0.05) is 16.1 Å². The zero-order valence-electron chi connectivity index (χ0n) is 10.9. The number of rotatable bonds is 4. The largest absolute Gasteiger partial charge is 0.492 e. The van der Waals surface area contributed by atoms with Crippen molar-refractivity contribution in [3.63, 3.8) is 0 Å². The second kappa shape index (κ2) is 5.59. The zero-order chi connectivity index (χ0) is 13.9. The molecule has 0 spiro atoms. The van der Waals surface area contributed by atoms with E-state index in [1.54, 1.807) is 0 Å². The first-order valence-corrected chi connectivity index (χ1v) is 7.25. The fourth-order valence-corrected chi connectivity index (χ4v) is 2.53. The molecule has 1 aromatic heterocycles. The molecule has 0 fully saturated rings. The molecule has 20 heavy (non-hydrogen) atoms. The molecular formula is C16H15BrN2O. The predicted octanol–water partition coefficient (Wildman–Crippen LogP) is 4.07. The maximum absolute atomic E-state index is 6.03. The molecule has 0 aliphatic carbocycles. The number of nitrogens with zero attached hydrogens (tertiary/aromatic N) is 1. The number of fused-ring (bicyclic) bond motifs is 1. The summed E-state index contributed by atoms with van der Waals surface area (Å²) in [5, 5.41) is 1.16. The van der Waals surface area contributed by atoms with Crippen molar-refractivity contribution in [1.29, 1.82) is 0 Å². The first-order chi connectivity index (χ1) is 9.74. The highest BCUT2D eigenvalue weighted by Crippen LogP contribution is 2.22. The molecule has 1 heterocycles. The lowest BCUT2D eigenvalue weighted by molar-refractivity contribution is 0.300. The number of anilines is 1. The molecule has 4 heteroatoms. The third-order valence-electron chi connectivity index (χ3n) is 3.23. The van der Waals surface area contributed by atoms with Gasteiger partial charge in [-0.25, -0.2) is 0 Å². The number of hydrogen-bond acceptors (Lipinski definition) is 2. The minimum Gasteiger partial charge on any atom is -0.492 e. The molecule has 3 nitrogen and oxygen atoms in total. The van der Waals surface area contributed by atoms with E-state index in [4.69, 9.17) is 10.5 Å². The Balaban J connectivity index is 1.70. The average Bonchev–Trinajstić information content (AvgIpc) is 2.86. The third kappa shape index (κ3) is 2.65. The van der Waals surface area contributed by atoms with Crippen LogP contribution in [0.15, 0.2) is 59.2 Å². The first-order valence-electron chi connectivity index (χ1n) is 6.46. The molecule has 2 N–H and O–H groups in total. The molecule has 3 aromatic rings. The van der Waals surface area contributed by atoms with Gasteiger partial charge >= 0.3 is 0 Å². The van der Waals surface area contributed by atoms with E-state index in [9.17, 15) is 0 Å². The third-order valence-corrected chi connectivity index (χ3v) is 3.76. The highest BCUT2D eigenvalue weighted by molar-refractivity contribution is 9.10. The van der Waals surface area contributed by atoms with Gasteiger partial charge in [0.05, 0.1) is 17.7 Å². The standard InChI is InChI=1S/C16H15BrN2O/c17-13-4-6-14(7-5-13)20-11-10-19-9-8-12-2-1-3-15(18)16(12)19/h1-9H,10-11,18H2. The van der Waals surface area contributed by atoms with Crippen molar-refractivity contribution in [2.45, 2.75) is 6.54 Å². The van der Waals surface area contributed by atoms with E-state index in [-0.39, 0.29) is 0 Å². The number of benzene rings is 2. The van der Waals surface area contributed by atoms with E-state index in [1.165, 1.54) is 0 Å². The lowest BCUT2D eigenvalue weighted by atomic mass is 10.2. The lowest BCUT2D eigenvalue weighted by Gasteiger charge is -2.09. The maximum atomic E-state index is 6.03. The topological polar surface area (TPSA) is 40.2 Å². The Labute approximate surface area is 126 Å². The van der Waals surface area contributed by atoms with Gasteiger partial charge in [-0.15, -0.1) is 0 Å². The van der Waals surface area contributed by atoms with Gasteiger partial charge < -0.3 is 15.0 Å². The van der Waals surface area contributed by atoms with E-state index in [2.05, 4.69) is 32.6 Å². The lowest BCUT2D eigenvalue weighted by Crippen LogP contribution is -2.07. The number of nitrogen functional groups attached to an aromatic ring is 1. The van der Waals surface area contributed by atoms with Crippen molar-refractivity contribution in [3.8, 4) is 5.75 Å². The van der Waals surface area contributed by atoms with Crippen LogP contribution in [0.2, 0.25) is 0 Å². The molecule has 0 saturated carbocycles. The minimum absolute atomic E-state index is 0.611. The highest BCUT2D eigenvalue weighted by atomic mass is 79.9. The fourth-order valence-electron chi connectivity index (χ4n) is 2.27. The molecule has 0 radical (unpaired) electrons. The molecule has 0 bridgehead atoms. The Bertz CT molecular complexity index is 719. The number of para-hydroxylation sites is 1. The molecule has 102 valence electrons. The van der Waals surface area contributed by atoms with E-state index in [1.807, 2.05) is 42.6 Å². The summed E-state index contributed by atoms with van der Waals surface area (Å²) in [5.41, 5.74) is 7.91. The van der Waals surface area contributed by atoms with Crippen molar-refractivity contribution in [1.82, 2.24) is 4.57 Å². The fraction of sp³-hybridized carbons (Fsp3) is 0.125. The Morgan fingerprint density at radius 3 is 2.65 bits per heavy atom. The van der Waals surface area contributed by atoms with Crippen LogP contribution in [0.3, 0.4) is 0 Å². The van der Waals surface area contributed by atoms with E-state index in [0.29, 0.717) is 6.61 Å². The van der Waals surface area contributed by atoms with Crippen LogP contribution in [0.4, 0.5) is 5.69 Å². The van der Waals surface area contributed by atoms with Crippen LogP contribution in [-0.2, 0) is 6.54 Å². The van der Waals surface area contributed by atoms with E-state index >= 15 is 0 Å². The monoisotopic (exact) mass is 330 g/mol. The molecule has 2 aromatic carbocycles. The van der Waals surface area contributed by atoms with E-state index < -0.39 is 0 Å².